The Morgan fingerprint density at radius 2 is 2.31 bits per heavy atom. The van der Waals surface area contributed by atoms with Gasteiger partial charge in [-0.25, -0.2) is 9.18 Å². The van der Waals surface area contributed by atoms with Crippen molar-refractivity contribution in [3.8, 4) is 5.75 Å². The lowest BCUT2D eigenvalue weighted by atomic mass is 10.3. The van der Waals surface area contributed by atoms with Crippen molar-refractivity contribution in [2.45, 2.75) is 0 Å². The highest BCUT2D eigenvalue weighted by molar-refractivity contribution is 7.79. The first-order chi connectivity index (χ1) is 6.22. The van der Waals surface area contributed by atoms with Crippen LogP contribution in [0.2, 0.25) is 0 Å². The predicted octanol–water partition coefficient (Wildman–Crippen LogP) is 1.12. The number of carbonyl (C=O) groups excluding carboxylic acids is 1. The number of rotatable bonds is 3. The molecule has 68 valence electrons. The van der Waals surface area contributed by atoms with Gasteiger partial charge in [0.1, 0.15) is 11.6 Å². The Kier molecular flexibility index (Phi) is 3.31. The Morgan fingerprint density at radius 1 is 1.54 bits per heavy atom. The van der Waals surface area contributed by atoms with Crippen molar-refractivity contribution in [2.24, 2.45) is 4.40 Å². The van der Waals surface area contributed by atoms with E-state index in [2.05, 4.69) is 8.58 Å². The predicted molar refractivity (Wildman–Crippen MR) is 43.3 cm³/mol. The molecule has 0 amide bonds. The molecule has 1 aromatic carbocycles. The third kappa shape index (κ3) is 3.14. The van der Waals surface area contributed by atoms with Gasteiger partial charge in [0.2, 0.25) is 0 Å². The van der Waals surface area contributed by atoms with Crippen molar-refractivity contribution in [1.29, 1.82) is 0 Å². The molecule has 0 fully saturated rings. The zero-order valence-electron chi connectivity index (χ0n) is 6.27. The van der Waals surface area contributed by atoms with Gasteiger partial charge in [0, 0.05) is 6.07 Å². The molecule has 0 aliphatic heterocycles. The van der Waals surface area contributed by atoms with Gasteiger partial charge in [0.25, 0.3) is 6.08 Å². The average molecular weight is 201 g/mol. The number of hydrogen-bond donors (Lipinski definition) is 0. The maximum absolute atomic E-state index is 12.5. The zero-order valence-corrected chi connectivity index (χ0v) is 7.08. The first-order valence-corrected chi connectivity index (χ1v) is 4.19. The first kappa shape index (κ1) is 9.57. The quantitative estimate of drug-likeness (QED) is 0.544. The Bertz CT molecular complexity index is 376. The third-order valence-electron chi connectivity index (χ3n) is 1.08. The van der Waals surface area contributed by atoms with Gasteiger partial charge in [0.05, 0.1) is 0 Å². The number of nitrogens with zero attached hydrogens (tertiary/aromatic N) is 1. The molecular formula is C7H4FNO3S. The van der Waals surface area contributed by atoms with Crippen LogP contribution in [0.3, 0.4) is 0 Å². The van der Waals surface area contributed by atoms with Crippen molar-refractivity contribution in [1.82, 2.24) is 0 Å². The monoisotopic (exact) mass is 201 g/mol. The lowest BCUT2D eigenvalue weighted by Crippen LogP contribution is -1.95. The molecule has 0 saturated carbocycles. The van der Waals surface area contributed by atoms with Crippen molar-refractivity contribution in [3.05, 3.63) is 30.1 Å². The van der Waals surface area contributed by atoms with E-state index < -0.39 is 17.1 Å². The highest BCUT2D eigenvalue weighted by Crippen LogP contribution is 2.12. The summed E-state index contributed by atoms with van der Waals surface area (Å²) < 4.78 is 30.5. The molecule has 6 heteroatoms. The second kappa shape index (κ2) is 4.49. The Labute approximate surface area is 75.9 Å². The highest BCUT2D eigenvalue weighted by atomic mass is 32.2. The largest absolute Gasteiger partial charge is 0.383 e. The maximum atomic E-state index is 12.5. The van der Waals surface area contributed by atoms with Crippen molar-refractivity contribution in [3.63, 3.8) is 0 Å². The molecule has 1 unspecified atom stereocenters. The van der Waals surface area contributed by atoms with Crippen LogP contribution >= 0.6 is 0 Å². The van der Waals surface area contributed by atoms with E-state index in [1.54, 1.807) is 0 Å². The van der Waals surface area contributed by atoms with E-state index in [9.17, 15) is 13.4 Å². The number of halogens is 1. The molecule has 4 nitrogen and oxygen atoms in total. The summed E-state index contributed by atoms with van der Waals surface area (Å²) in [7, 11) is 0. The minimum absolute atomic E-state index is 0.0392. The molecule has 0 aliphatic rings. The summed E-state index contributed by atoms with van der Waals surface area (Å²) in [4.78, 5) is 9.63. The smallest absolute Gasteiger partial charge is 0.350 e. The van der Waals surface area contributed by atoms with Crippen LogP contribution < -0.4 is 4.18 Å². The SMILES string of the molecule is O=C=NS(=O)Oc1cccc(F)c1. The van der Waals surface area contributed by atoms with Crippen LogP contribution in [0.15, 0.2) is 28.7 Å². The van der Waals surface area contributed by atoms with Gasteiger partial charge < -0.3 is 4.18 Å². The van der Waals surface area contributed by atoms with Gasteiger partial charge in [-0.15, -0.1) is 0 Å². The molecule has 0 N–H and O–H groups in total. The van der Waals surface area contributed by atoms with Gasteiger partial charge in [-0.05, 0) is 12.1 Å². The first-order valence-electron chi connectivity index (χ1n) is 3.16. The van der Waals surface area contributed by atoms with Gasteiger partial charge in [-0.2, -0.15) is 4.21 Å². The Hall–Kier alpha value is -1.52. The topological polar surface area (TPSA) is 55.7 Å². The fourth-order valence-electron chi connectivity index (χ4n) is 0.650. The van der Waals surface area contributed by atoms with Crippen LogP contribution in [0, 0.1) is 5.82 Å². The van der Waals surface area contributed by atoms with E-state index in [0.717, 1.165) is 12.1 Å². The van der Waals surface area contributed by atoms with Gasteiger partial charge >= 0.3 is 11.3 Å². The van der Waals surface area contributed by atoms with Gasteiger partial charge in [-0.3, -0.25) is 0 Å². The van der Waals surface area contributed by atoms with E-state index in [1.807, 2.05) is 0 Å². The summed E-state index contributed by atoms with van der Waals surface area (Å²) in [5.74, 6) is -0.484. The second-order valence-corrected chi connectivity index (χ2v) is 2.72. The molecule has 0 spiro atoms. The second-order valence-electron chi connectivity index (χ2n) is 1.94. The van der Waals surface area contributed by atoms with E-state index in [4.69, 9.17) is 0 Å². The lowest BCUT2D eigenvalue weighted by Gasteiger charge is -1.97. The van der Waals surface area contributed by atoms with Crippen molar-refractivity contribution < 1.29 is 17.6 Å². The van der Waals surface area contributed by atoms with Crippen molar-refractivity contribution in [2.75, 3.05) is 0 Å². The molecule has 13 heavy (non-hydrogen) atoms. The van der Waals surface area contributed by atoms with Crippen LogP contribution in [0.1, 0.15) is 0 Å². The standard InChI is InChI=1S/C7H4FNO3S/c8-6-2-1-3-7(4-6)12-13(11)9-5-10/h1-4H. The molecule has 1 rings (SSSR count). The van der Waals surface area contributed by atoms with Crippen LogP contribution in [0.4, 0.5) is 4.39 Å². The maximum Gasteiger partial charge on any atom is 0.350 e. The van der Waals surface area contributed by atoms with Crippen LogP contribution in [-0.2, 0) is 16.1 Å². The molecule has 0 aromatic heterocycles. The van der Waals surface area contributed by atoms with E-state index >= 15 is 0 Å². The van der Waals surface area contributed by atoms with Crippen LogP contribution in [-0.4, -0.2) is 10.3 Å². The summed E-state index contributed by atoms with van der Waals surface area (Å²) in [5.41, 5.74) is 0. The number of hydrogen-bond acceptors (Lipinski definition) is 3. The number of benzene rings is 1. The van der Waals surface area contributed by atoms with Crippen LogP contribution in [0.5, 0.6) is 5.75 Å². The molecule has 0 aliphatic carbocycles. The van der Waals surface area contributed by atoms with Crippen LogP contribution in [0.25, 0.3) is 0 Å². The highest BCUT2D eigenvalue weighted by Gasteiger charge is 2.00. The summed E-state index contributed by atoms with van der Waals surface area (Å²) in [6.07, 6.45) is 1.06. The van der Waals surface area contributed by atoms with Gasteiger partial charge in [0.15, 0.2) is 0 Å². The molecule has 1 atom stereocenters. The molecule has 1 aromatic rings. The zero-order chi connectivity index (χ0) is 9.68. The third-order valence-corrected chi connectivity index (χ3v) is 1.63. The summed E-state index contributed by atoms with van der Waals surface area (Å²) >= 11 is -2.14. The van der Waals surface area contributed by atoms with Gasteiger partial charge in [-0.1, -0.05) is 10.5 Å². The number of isocyanates is 1. The molecule has 0 heterocycles. The minimum Gasteiger partial charge on any atom is -0.383 e. The summed E-state index contributed by atoms with van der Waals surface area (Å²) in [6.45, 7) is 0. The molecule has 0 bridgehead atoms. The Balaban J connectivity index is 2.74. The van der Waals surface area contributed by atoms with Crippen molar-refractivity contribution >= 4 is 17.3 Å². The Morgan fingerprint density at radius 3 is 2.92 bits per heavy atom. The van der Waals surface area contributed by atoms with E-state index in [1.165, 1.54) is 18.2 Å². The molecule has 0 saturated heterocycles. The average Bonchev–Trinajstić information content (AvgIpc) is 2.04. The normalized spacial score (nSPS) is 11.5. The summed E-state index contributed by atoms with van der Waals surface area (Å²) in [6, 6.07) is 5.00. The summed E-state index contributed by atoms with van der Waals surface area (Å²) in [5, 5.41) is 0. The minimum atomic E-state index is -2.14. The molecule has 0 radical (unpaired) electrons. The van der Waals surface area contributed by atoms with E-state index in [0.29, 0.717) is 0 Å². The fraction of sp³-hybridized carbons (Fsp3) is 0. The van der Waals surface area contributed by atoms with E-state index in [-0.39, 0.29) is 5.75 Å². The lowest BCUT2D eigenvalue weighted by molar-refractivity contribution is 0.549. The fourth-order valence-corrected chi connectivity index (χ4v) is 1.02. The molecular weight excluding hydrogens is 197 g/mol.